The van der Waals surface area contributed by atoms with Crippen LogP contribution in [0.5, 0.6) is 0 Å². The predicted octanol–water partition coefficient (Wildman–Crippen LogP) is 3.43. The Hall–Kier alpha value is -1.69. The Morgan fingerprint density at radius 1 is 1.00 bits per heavy atom. The second kappa shape index (κ2) is 6.67. The Morgan fingerprint density at radius 3 is 2.33 bits per heavy atom. The standard InChI is InChI=1S/C17H13Cl2NO3S/c18-13-7-6-11(10-14(13)19)17(9-8-15(21)20-16(17)22)24(23)12-4-2-1-3-5-12/h1-7,10H,8-9H2,(H,20,21,22). The smallest absolute Gasteiger partial charge is 0.250 e. The zero-order chi connectivity index (χ0) is 17.3. The van der Waals surface area contributed by atoms with Crippen molar-refractivity contribution in [1.82, 2.24) is 5.32 Å². The number of nitrogens with one attached hydrogen (secondary N) is 1. The average molecular weight is 382 g/mol. The highest BCUT2D eigenvalue weighted by Gasteiger charge is 2.50. The van der Waals surface area contributed by atoms with Gasteiger partial charge in [-0.2, -0.15) is 0 Å². The van der Waals surface area contributed by atoms with Gasteiger partial charge in [-0.15, -0.1) is 0 Å². The van der Waals surface area contributed by atoms with Crippen LogP contribution in [0.3, 0.4) is 0 Å². The van der Waals surface area contributed by atoms with E-state index in [0.29, 0.717) is 15.5 Å². The van der Waals surface area contributed by atoms with Gasteiger partial charge in [0.1, 0.15) is 0 Å². The van der Waals surface area contributed by atoms with Crippen LogP contribution in [0, 0.1) is 0 Å². The Bertz CT molecular complexity index is 841. The molecule has 0 saturated carbocycles. The number of halogens is 2. The van der Waals surface area contributed by atoms with Gasteiger partial charge in [-0.1, -0.05) is 47.5 Å². The summed E-state index contributed by atoms with van der Waals surface area (Å²) in [6, 6.07) is 13.4. The molecular weight excluding hydrogens is 369 g/mol. The molecular formula is C17H13Cl2NO3S. The van der Waals surface area contributed by atoms with Gasteiger partial charge in [0.2, 0.25) is 11.8 Å². The largest absolute Gasteiger partial charge is 0.295 e. The maximum Gasteiger partial charge on any atom is 0.250 e. The van der Waals surface area contributed by atoms with Crippen LogP contribution in [-0.2, 0) is 25.1 Å². The number of imide groups is 1. The summed E-state index contributed by atoms with van der Waals surface area (Å²) in [5.41, 5.74) is 0.476. The first kappa shape index (κ1) is 17.1. The van der Waals surface area contributed by atoms with Crippen molar-refractivity contribution in [3.8, 4) is 0 Å². The molecule has 1 aliphatic rings. The van der Waals surface area contributed by atoms with Crippen molar-refractivity contribution in [2.75, 3.05) is 0 Å². The van der Waals surface area contributed by atoms with Gasteiger partial charge in [0, 0.05) is 11.3 Å². The molecule has 2 unspecified atom stereocenters. The van der Waals surface area contributed by atoms with Gasteiger partial charge in [0.25, 0.3) is 0 Å². The number of carbonyl (C=O) groups excluding carboxylic acids is 2. The fourth-order valence-corrected chi connectivity index (χ4v) is 4.70. The van der Waals surface area contributed by atoms with Crippen molar-refractivity contribution in [2.45, 2.75) is 22.5 Å². The quantitative estimate of drug-likeness (QED) is 0.828. The molecule has 3 rings (SSSR count). The highest BCUT2D eigenvalue weighted by Crippen LogP contribution is 2.41. The second-order valence-corrected chi connectivity index (χ2v) is 7.94. The summed E-state index contributed by atoms with van der Waals surface area (Å²) in [6.45, 7) is 0. The number of rotatable bonds is 3. The molecule has 2 aromatic rings. The van der Waals surface area contributed by atoms with Gasteiger partial charge >= 0.3 is 0 Å². The molecule has 0 bridgehead atoms. The van der Waals surface area contributed by atoms with Gasteiger partial charge in [0.05, 0.1) is 20.8 Å². The van der Waals surface area contributed by atoms with Crippen molar-refractivity contribution >= 4 is 45.8 Å². The molecule has 1 heterocycles. The van der Waals surface area contributed by atoms with Crippen LogP contribution >= 0.6 is 23.2 Å². The van der Waals surface area contributed by atoms with E-state index in [-0.39, 0.29) is 23.8 Å². The van der Waals surface area contributed by atoms with E-state index >= 15 is 0 Å². The van der Waals surface area contributed by atoms with Crippen molar-refractivity contribution in [1.29, 1.82) is 0 Å². The third-order valence-corrected chi connectivity index (χ3v) is 6.68. The SMILES string of the molecule is O=C1CCC(c2ccc(Cl)c(Cl)c2)(S(=O)c2ccccc2)C(=O)N1. The molecule has 7 heteroatoms. The van der Waals surface area contributed by atoms with Crippen LogP contribution in [0.1, 0.15) is 18.4 Å². The monoisotopic (exact) mass is 381 g/mol. The lowest BCUT2D eigenvalue weighted by molar-refractivity contribution is -0.135. The average Bonchev–Trinajstić information content (AvgIpc) is 2.58. The molecule has 2 aromatic carbocycles. The molecule has 1 saturated heterocycles. The van der Waals surface area contributed by atoms with Crippen molar-refractivity contribution < 1.29 is 13.8 Å². The lowest BCUT2D eigenvalue weighted by atomic mass is 9.89. The predicted molar refractivity (Wildman–Crippen MR) is 93.4 cm³/mol. The summed E-state index contributed by atoms with van der Waals surface area (Å²) in [7, 11) is -1.71. The van der Waals surface area contributed by atoms with E-state index < -0.39 is 21.5 Å². The highest BCUT2D eigenvalue weighted by molar-refractivity contribution is 7.87. The van der Waals surface area contributed by atoms with Crippen LogP contribution in [0.4, 0.5) is 0 Å². The van der Waals surface area contributed by atoms with E-state index in [2.05, 4.69) is 5.32 Å². The first-order chi connectivity index (χ1) is 11.4. The van der Waals surface area contributed by atoms with E-state index in [1.807, 2.05) is 0 Å². The number of carbonyl (C=O) groups is 2. The minimum Gasteiger partial charge on any atom is -0.295 e. The molecule has 24 heavy (non-hydrogen) atoms. The summed E-state index contributed by atoms with van der Waals surface area (Å²) in [6.07, 6.45) is 0.238. The van der Waals surface area contributed by atoms with Gasteiger partial charge in [-0.05, 0) is 36.2 Å². The van der Waals surface area contributed by atoms with E-state index in [0.717, 1.165) is 0 Å². The van der Waals surface area contributed by atoms with Gasteiger partial charge in [0.15, 0.2) is 4.75 Å². The Morgan fingerprint density at radius 2 is 1.71 bits per heavy atom. The molecule has 0 aromatic heterocycles. The highest BCUT2D eigenvalue weighted by atomic mass is 35.5. The third-order valence-electron chi connectivity index (χ3n) is 3.98. The molecule has 124 valence electrons. The molecule has 1 fully saturated rings. The van der Waals surface area contributed by atoms with Gasteiger partial charge in [-0.3, -0.25) is 19.1 Å². The van der Waals surface area contributed by atoms with Crippen molar-refractivity contribution in [3.05, 3.63) is 64.1 Å². The zero-order valence-corrected chi connectivity index (χ0v) is 14.8. The Balaban J connectivity index is 2.18. The van der Waals surface area contributed by atoms with Crippen LogP contribution in [-0.4, -0.2) is 16.0 Å². The molecule has 2 atom stereocenters. The lowest BCUT2D eigenvalue weighted by Crippen LogP contribution is -2.53. The minimum absolute atomic E-state index is 0.102. The fraction of sp³-hybridized carbons (Fsp3) is 0.176. The van der Waals surface area contributed by atoms with Crippen LogP contribution in [0.25, 0.3) is 0 Å². The third kappa shape index (κ3) is 2.88. The van der Waals surface area contributed by atoms with E-state index in [4.69, 9.17) is 23.2 Å². The summed E-state index contributed by atoms with van der Waals surface area (Å²) in [5, 5.41) is 2.91. The molecule has 1 N–H and O–H groups in total. The van der Waals surface area contributed by atoms with Crippen molar-refractivity contribution in [2.24, 2.45) is 0 Å². The molecule has 1 aliphatic heterocycles. The normalized spacial score (nSPS) is 22.1. The maximum atomic E-state index is 13.3. The lowest BCUT2D eigenvalue weighted by Gasteiger charge is -2.35. The van der Waals surface area contributed by atoms with E-state index in [1.165, 1.54) is 0 Å². The number of hydrogen-bond donors (Lipinski definition) is 1. The van der Waals surface area contributed by atoms with E-state index in [9.17, 15) is 13.8 Å². The molecule has 4 nitrogen and oxygen atoms in total. The Labute approximate surface area is 151 Å². The summed E-state index contributed by atoms with van der Waals surface area (Å²) >= 11 is 12.1. The van der Waals surface area contributed by atoms with E-state index in [1.54, 1.807) is 48.5 Å². The summed E-state index contributed by atoms with van der Waals surface area (Å²) in [5.74, 6) is -0.958. The molecule has 0 aliphatic carbocycles. The molecule has 0 radical (unpaired) electrons. The first-order valence-corrected chi connectivity index (χ1v) is 9.12. The second-order valence-electron chi connectivity index (χ2n) is 5.41. The van der Waals surface area contributed by atoms with Crippen LogP contribution in [0.2, 0.25) is 10.0 Å². The van der Waals surface area contributed by atoms with Gasteiger partial charge in [-0.25, -0.2) is 0 Å². The van der Waals surface area contributed by atoms with Gasteiger partial charge < -0.3 is 0 Å². The number of piperidine rings is 1. The number of hydrogen-bond acceptors (Lipinski definition) is 3. The number of benzene rings is 2. The van der Waals surface area contributed by atoms with Crippen LogP contribution < -0.4 is 5.32 Å². The first-order valence-electron chi connectivity index (χ1n) is 7.22. The Kier molecular flexibility index (Phi) is 4.76. The number of amides is 2. The van der Waals surface area contributed by atoms with Crippen LogP contribution in [0.15, 0.2) is 53.4 Å². The minimum atomic E-state index is -1.71. The maximum absolute atomic E-state index is 13.3. The molecule has 0 spiro atoms. The summed E-state index contributed by atoms with van der Waals surface area (Å²) < 4.78 is 11.9. The fourth-order valence-electron chi connectivity index (χ4n) is 2.75. The summed E-state index contributed by atoms with van der Waals surface area (Å²) in [4.78, 5) is 24.8. The topological polar surface area (TPSA) is 63.2 Å². The van der Waals surface area contributed by atoms with Crippen molar-refractivity contribution in [3.63, 3.8) is 0 Å². The molecule has 2 amide bonds. The zero-order valence-electron chi connectivity index (χ0n) is 12.4.